The van der Waals surface area contributed by atoms with Gasteiger partial charge >= 0.3 is 0 Å². The molecule has 1 saturated carbocycles. The molecule has 6 heteroatoms. The van der Waals surface area contributed by atoms with Gasteiger partial charge in [-0.05, 0) is 62.8 Å². The molecule has 26 heavy (non-hydrogen) atoms. The zero-order chi connectivity index (χ0) is 17.8. The quantitative estimate of drug-likeness (QED) is 0.843. The molecule has 1 saturated heterocycles. The van der Waals surface area contributed by atoms with Crippen molar-refractivity contribution < 1.29 is 9.53 Å². The van der Waals surface area contributed by atoms with Gasteiger partial charge < -0.3 is 9.64 Å². The summed E-state index contributed by atoms with van der Waals surface area (Å²) in [6.07, 6.45) is 11.6. The molecule has 2 aromatic rings. The van der Waals surface area contributed by atoms with Crippen LogP contribution < -0.4 is 4.74 Å². The second-order valence-electron chi connectivity index (χ2n) is 7.30. The second-order valence-corrected chi connectivity index (χ2v) is 7.30. The van der Waals surface area contributed by atoms with Gasteiger partial charge in [-0.1, -0.05) is 6.42 Å². The van der Waals surface area contributed by atoms with Crippen LogP contribution in [0.3, 0.4) is 0 Å². The van der Waals surface area contributed by atoms with Crippen molar-refractivity contribution in [3.63, 3.8) is 0 Å². The van der Waals surface area contributed by atoms with Gasteiger partial charge in [-0.15, -0.1) is 0 Å². The minimum absolute atomic E-state index is 0.103. The van der Waals surface area contributed by atoms with Crippen molar-refractivity contribution in [2.75, 3.05) is 13.1 Å². The van der Waals surface area contributed by atoms with E-state index in [1.807, 2.05) is 33.8 Å². The number of hydrogen-bond donors (Lipinski definition) is 0. The number of carbonyl (C=O) groups is 1. The maximum atomic E-state index is 12.7. The number of likely N-dealkylation sites (tertiary alicyclic amines) is 1. The second kappa shape index (κ2) is 7.89. The van der Waals surface area contributed by atoms with E-state index < -0.39 is 0 Å². The molecule has 6 nitrogen and oxygen atoms in total. The molecule has 1 aromatic heterocycles. The SMILES string of the molecule is O=C(c1ccc(OC2CCCCC2)cc1)N1CCC(n2cncn2)CC1. The molecular formula is C20H26N4O2. The summed E-state index contributed by atoms with van der Waals surface area (Å²) in [6, 6.07) is 8.00. The van der Waals surface area contributed by atoms with Crippen LogP contribution in [-0.2, 0) is 0 Å². The number of rotatable bonds is 4. The molecule has 0 unspecified atom stereocenters. The number of amides is 1. The van der Waals surface area contributed by atoms with E-state index in [4.69, 9.17) is 4.74 Å². The van der Waals surface area contributed by atoms with Gasteiger partial charge in [0.25, 0.3) is 5.91 Å². The molecule has 0 atom stereocenters. The predicted octanol–water partition coefficient (Wildman–Crippen LogP) is 3.47. The Morgan fingerprint density at radius 1 is 1.00 bits per heavy atom. The van der Waals surface area contributed by atoms with E-state index >= 15 is 0 Å². The Bertz CT molecular complexity index is 700. The van der Waals surface area contributed by atoms with Gasteiger partial charge in [-0.25, -0.2) is 9.67 Å². The van der Waals surface area contributed by atoms with E-state index in [2.05, 4.69) is 10.1 Å². The number of aromatic nitrogens is 3. The number of piperidine rings is 1. The fourth-order valence-electron chi connectivity index (χ4n) is 3.97. The van der Waals surface area contributed by atoms with E-state index in [0.717, 1.165) is 50.1 Å². The Hall–Kier alpha value is -2.37. The first-order chi connectivity index (χ1) is 12.8. The smallest absolute Gasteiger partial charge is 0.253 e. The van der Waals surface area contributed by atoms with Crippen molar-refractivity contribution in [2.45, 2.75) is 57.1 Å². The normalized spacial score (nSPS) is 19.5. The molecule has 0 bridgehead atoms. The summed E-state index contributed by atoms with van der Waals surface area (Å²) in [5.41, 5.74) is 0.736. The lowest BCUT2D eigenvalue weighted by Gasteiger charge is -2.32. The number of nitrogens with zero attached hydrogens (tertiary/aromatic N) is 4. The van der Waals surface area contributed by atoms with Crippen LogP contribution in [0.2, 0.25) is 0 Å². The van der Waals surface area contributed by atoms with E-state index in [1.54, 1.807) is 12.7 Å². The van der Waals surface area contributed by atoms with Gasteiger partial charge in [0.15, 0.2) is 0 Å². The van der Waals surface area contributed by atoms with Crippen LogP contribution in [-0.4, -0.2) is 44.8 Å². The first-order valence-electron chi connectivity index (χ1n) is 9.70. The van der Waals surface area contributed by atoms with Crippen LogP contribution in [0, 0.1) is 0 Å². The van der Waals surface area contributed by atoms with Gasteiger partial charge in [-0.2, -0.15) is 5.10 Å². The maximum Gasteiger partial charge on any atom is 0.253 e. The molecular weight excluding hydrogens is 328 g/mol. The van der Waals surface area contributed by atoms with Gasteiger partial charge in [0.1, 0.15) is 18.4 Å². The van der Waals surface area contributed by atoms with Crippen LogP contribution >= 0.6 is 0 Å². The largest absolute Gasteiger partial charge is 0.490 e. The fraction of sp³-hybridized carbons (Fsp3) is 0.550. The third-order valence-electron chi connectivity index (χ3n) is 5.52. The summed E-state index contributed by atoms with van der Waals surface area (Å²) >= 11 is 0. The van der Waals surface area contributed by atoms with Crippen molar-refractivity contribution in [2.24, 2.45) is 0 Å². The lowest BCUT2D eigenvalue weighted by atomic mass is 9.98. The zero-order valence-electron chi connectivity index (χ0n) is 15.1. The number of hydrogen-bond acceptors (Lipinski definition) is 4. The van der Waals surface area contributed by atoms with Crippen molar-refractivity contribution >= 4 is 5.91 Å². The summed E-state index contributed by atoms with van der Waals surface area (Å²) in [6.45, 7) is 1.51. The average Bonchev–Trinajstić information content (AvgIpc) is 3.24. The van der Waals surface area contributed by atoms with Gasteiger partial charge in [-0.3, -0.25) is 4.79 Å². The molecule has 2 heterocycles. The predicted molar refractivity (Wildman–Crippen MR) is 98.1 cm³/mol. The topological polar surface area (TPSA) is 60.2 Å². The Balaban J connectivity index is 1.32. The summed E-state index contributed by atoms with van der Waals surface area (Å²) in [5, 5.41) is 4.21. The average molecular weight is 354 g/mol. The first kappa shape index (κ1) is 17.1. The number of carbonyl (C=O) groups excluding carboxylic acids is 1. The third kappa shape index (κ3) is 3.89. The Labute approximate surface area is 154 Å². The van der Waals surface area contributed by atoms with Crippen molar-refractivity contribution in [3.05, 3.63) is 42.5 Å². The standard InChI is InChI=1S/C20H26N4O2/c25-20(23-12-10-17(11-13-23)24-15-21-14-22-24)16-6-8-19(9-7-16)26-18-4-2-1-3-5-18/h6-9,14-15,17-18H,1-5,10-13H2. The highest BCUT2D eigenvalue weighted by Crippen LogP contribution is 2.25. The highest BCUT2D eigenvalue weighted by Gasteiger charge is 2.25. The zero-order valence-corrected chi connectivity index (χ0v) is 15.1. The van der Waals surface area contributed by atoms with Crippen LogP contribution in [0.4, 0.5) is 0 Å². The van der Waals surface area contributed by atoms with Crippen LogP contribution in [0.5, 0.6) is 5.75 Å². The van der Waals surface area contributed by atoms with Crippen LogP contribution in [0.1, 0.15) is 61.3 Å². The highest BCUT2D eigenvalue weighted by atomic mass is 16.5. The molecule has 1 aliphatic heterocycles. The lowest BCUT2D eigenvalue weighted by Crippen LogP contribution is -2.39. The molecule has 2 aliphatic rings. The monoisotopic (exact) mass is 354 g/mol. The fourth-order valence-corrected chi connectivity index (χ4v) is 3.97. The van der Waals surface area contributed by atoms with E-state index in [9.17, 15) is 4.79 Å². The molecule has 1 aliphatic carbocycles. The molecule has 138 valence electrons. The minimum atomic E-state index is 0.103. The molecule has 4 rings (SSSR count). The van der Waals surface area contributed by atoms with Gasteiger partial charge in [0, 0.05) is 18.7 Å². The van der Waals surface area contributed by atoms with E-state index in [0.29, 0.717) is 12.1 Å². The summed E-state index contributed by atoms with van der Waals surface area (Å²) in [7, 11) is 0. The Morgan fingerprint density at radius 3 is 2.38 bits per heavy atom. The third-order valence-corrected chi connectivity index (χ3v) is 5.52. The Morgan fingerprint density at radius 2 is 1.73 bits per heavy atom. The van der Waals surface area contributed by atoms with E-state index in [1.165, 1.54) is 19.3 Å². The Kier molecular flexibility index (Phi) is 5.18. The molecule has 1 aromatic carbocycles. The summed E-state index contributed by atoms with van der Waals surface area (Å²) in [5.74, 6) is 0.976. The summed E-state index contributed by atoms with van der Waals surface area (Å²) in [4.78, 5) is 18.7. The lowest BCUT2D eigenvalue weighted by molar-refractivity contribution is 0.0689. The first-order valence-corrected chi connectivity index (χ1v) is 9.70. The molecule has 0 N–H and O–H groups in total. The summed E-state index contributed by atoms with van der Waals surface area (Å²) < 4.78 is 7.95. The van der Waals surface area contributed by atoms with Crippen LogP contribution in [0.15, 0.2) is 36.9 Å². The van der Waals surface area contributed by atoms with Crippen molar-refractivity contribution in [1.82, 2.24) is 19.7 Å². The molecule has 0 spiro atoms. The van der Waals surface area contributed by atoms with E-state index in [-0.39, 0.29) is 5.91 Å². The molecule has 0 radical (unpaired) electrons. The number of benzene rings is 1. The number of ether oxygens (including phenoxy) is 1. The van der Waals surface area contributed by atoms with Crippen molar-refractivity contribution in [1.29, 1.82) is 0 Å². The highest BCUT2D eigenvalue weighted by molar-refractivity contribution is 5.94. The van der Waals surface area contributed by atoms with Gasteiger partial charge in [0.05, 0.1) is 12.1 Å². The molecule has 2 fully saturated rings. The maximum absolute atomic E-state index is 12.7. The van der Waals surface area contributed by atoms with Gasteiger partial charge in [0.2, 0.25) is 0 Å². The van der Waals surface area contributed by atoms with Crippen molar-refractivity contribution in [3.8, 4) is 5.75 Å². The van der Waals surface area contributed by atoms with Crippen LogP contribution in [0.25, 0.3) is 0 Å². The molecule has 1 amide bonds. The minimum Gasteiger partial charge on any atom is -0.490 e.